The highest BCUT2D eigenvalue weighted by Crippen LogP contribution is 2.30. The van der Waals surface area contributed by atoms with Crippen molar-refractivity contribution in [3.8, 4) is 0 Å². The van der Waals surface area contributed by atoms with E-state index in [0.717, 1.165) is 16.8 Å². The number of hydrogen-bond acceptors (Lipinski definition) is 6. The monoisotopic (exact) mass is 279 g/mol. The van der Waals surface area contributed by atoms with Gasteiger partial charge in [-0.05, 0) is 32.1 Å². The molecular weight excluding hydrogens is 258 g/mol. The van der Waals surface area contributed by atoms with Gasteiger partial charge in [0.05, 0.1) is 0 Å². The van der Waals surface area contributed by atoms with Crippen LogP contribution in [0, 0.1) is 0 Å². The summed E-state index contributed by atoms with van der Waals surface area (Å²) < 4.78 is 0. The van der Waals surface area contributed by atoms with E-state index in [2.05, 4.69) is 25.5 Å². The average molecular weight is 279 g/mol. The highest BCUT2D eigenvalue weighted by atomic mass is 32.2. The van der Waals surface area contributed by atoms with Crippen molar-refractivity contribution in [2.75, 3.05) is 37.0 Å². The Hall–Kier alpha value is -1.01. The number of rotatable bonds is 4. The van der Waals surface area contributed by atoms with Crippen LogP contribution in [0.3, 0.4) is 0 Å². The molecule has 104 valence electrons. The van der Waals surface area contributed by atoms with Gasteiger partial charge in [-0.15, -0.1) is 0 Å². The first-order valence-corrected chi connectivity index (χ1v) is 8.14. The fourth-order valence-electron chi connectivity index (χ4n) is 3.16. The Morgan fingerprint density at radius 3 is 2.89 bits per heavy atom. The third-order valence-corrected chi connectivity index (χ3v) is 4.63. The van der Waals surface area contributed by atoms with Crippen LogP contribution in [0.4, 0.5) is 11.6 Å². The van der Waals surface area contributed by atoms with Gasteiger partial charge in [-0.2, -0.15) is 0 Å². The van der Waals surface area contributed by atoms with Crippen LogP contribution in [-0.2, 0) is 0 Å². The second-order valence-corrected chi connectivity index (χ2v) is 5.93. The van der Waals surface area contributed by atoms with E-state index in [0.29, 0.717) is 12.1 Å². The predicted molar refractivity (Wildman–Crippen MR) is 80.0 cm³/mol. The van der Waals surface area contributed by atoms with Crippen molar-refractivity contribution in [3.05, 3.63) is 6.07 Å². The molecule has 2 atom stereocenters. The zero-order valence-corrected chi connectivity index (χ0v) is 12.3. The standard InChI is InChI=1S/C13H21N5S/c1-14-11-8-12(17-13(16-11)19-2)15-9-5-7-18-6-3-4-10(9)18/h8-10H,3-7H2,1-2H3,(H2,14,15,16,17). The minimum Gasteiger partial charge on any atom is -0.373 e. The summed E-state index contributed by atoms with van der Waals surface area (Å²) in [5, 5.41) is 7.53. The second-order valence-electron chi connectivity index (χ2n) is 5.16. The molecule has 2 unspecified atom stereocenters. The zero-order chi connectivity index (χ0) is 13.2. The number of nitrogens with one attached hydrogen (secondary N) is 2. The molecule has 0 amide bonds. The van der Waals surface area contributed by atoms with E-state index in [4.69, 9.17) is 0 Å². The quantitative estimate of drug-likeness (QED) is 0.648. The highest BCUT2D eigenvalue weighted by Gasteiger charge is 2.37. The summed E-state index contributed by atoms with van der Waals surface area (Å²) in [6, 6.07) is 3.24. The maximum absolute atomic E-state index is 4.56. The van der Waals surface area contributed by atoms with Crippen LogP contribution in [0.5, 0.6) is 0 Å². The Morgan fingerprint density at radius 1 is 1.26 bits per heavy atom. The number of aromatic nitrogens is 2. The van der Waals surface area contributed by atoms with Crippen molar-refractivity contribution < 1.29 is 0 Å². The Morgan fingerprint density at radius 2 is 2.11 bits per heavy atom. The van der Waals surface area contributed by atoms with Crippen molar-refractivity contribution in [2.45, 2.75) is 36.5 Å². The van der Waals surface area contributed by atoms with Crippen LogP contribution in [0.1, 0.15) is 19.3 Å². The largest absolute Gasteiger partial charge is 0.373 e. The fourth-order valence-corrected chi connectivity index (χ4v) is 3.54. The maximum atomic E-state index is 4.56. The van der Waals surface area contributed by atoms with Gasteiger partial charge in [0.15, 0.2) is 5.16 Å². The van der Waals surface area contributed by atoms with E-state index in [9.17, 15) is 0 Å². The molecule has 0 aromatic carbocycles. The lowest BCUT2D eigenvalue weighted by molar-refractivity contribution is 0.318. The molecule has 2 N–H and O–H groups in total. The molecule has 0 saturated carbocycles. The summed E-state index contributed by atoms with van der Waals surface area (Å²) in [6.45, 7) is 2.49. The number of thioether (sulfide) groups is 1. The van der Waals surface area contributed by atoms with Gasteiger partial charge in [0, 0.05) is 31.7 Å². The first kappa shape index (κ1) is 13.0. The van der Waals surface area contributed by atoms with Gasteiger partial charge in [-0.1, -0.05) is 11.8 Å². The van der Waals surface area contributed by atoms with Gasteiger partial charge in [-0.3, -0.25) is 4.90 Å². The topological polar surface area (TPSA) is 53.1 Å². The number of anilines is 2. The molecule has 2 aliphatic rings. The third kappa shape index (κ3) is 2.65. The number of hydrogen-bond donors (Lipinski definition) is 2. The molecule has 0 aliphatic carbocycles. The van der Waals surface area contributed by atoms with Gasteiger partial charge >= 0.3 is 0 Å². The summed E-state index contributed by atoms with van der Waals surface area (Å²) >= 11 is 1.58. The Kier molecular flexibility index (Phi) is 3.79. The van der Waals surface area contributed by atoms with E-state index in [1.807, 2.05) is 19.4 Å². The van der Waals surface area contributed by atoms with E-state index in [1.165, 1.54) is 32.4 Å². The molecule has 0 bridgehead atoms. The summed E-state index contributed by atoms with van der Waals surface area (Å²) in [7, 11) is 1.89. The number of nitrogens with zero attached hydrogens (tertiary/aromatic N) is 3. The predicted octanol–water partition coefficient (Wildman–Crippen LogP) is 1.89. The second kappa shape index (κ2) is 5.54. The van der Waals surface area contributed by atoms with E-state index < -0.39 is 0 Å². The number of fused-ring (bicyclic) bond motifs is 1. The van der Waals surface area contributed by atoms with Crippen LogP contribution < -0.4 is 10.6 Å². The van der Waals surface area contributed by atoms with Crippen molar-refractivity contribution in [3.63, 3.8) is 0 Å². The van der Waals surface area contributed by atoms with Gasteiger partial charge in [0.1, 0.15) is 11.6 Å². The zero-order valence-electron chi connectivity index (χ0n) is 11.5. The van der Waals surface area contributed by atoms with Gasteiger partial charge in [0.2, 0.25) is 0 Å². The van der Waals surface area contributed by atoms with Crippen LogP contribution in [0.2, 0.25) is 0 Å². The molecule has 2 aliphatic heterocycles. The average Bonchev–Trinajstić information content (AvgIpc) is 3.03. The fraction of sp³-hybridized carbons (Fsp3) is 0.692. The molecule has 1 aromatic rings. The van der Waals surface area contributed by atoms with E-state index in [1.54, 1.807) is 11.8 Å². The molecule has 6 heteroatoms. The summed E-state index contributed by atoms with van der Waals surface area (Å²) in [6.07, 6.45) is 5.88. The SMILES string of the molecule is CNc1cc(NC2CCN3CCCC23)nc(SC)n1. The molecule has 3 heterocycles. The summed E-state index contributed by atoms with van der Waals surface area (Å²) in [5.41, 5.74) is 0. The van der Waals surface area contributed by atoms with Crippen molar-refractivity contribution in [1.82, 2.24) is 14.9 Å². The Labute approximate surface area is 118 Å². The van der Waals surface area contributed by atoms with Crippen LogP contribution in [0.15, 0.2) is 11.2 Å². The first-order chi connectivity index (χ1) is 9.30. The van der Waals surface area contributed by atoms with Crippen LogP contribution >= 0.6 is 11.8 Å². The van der Waals surface area contributed by atoms with E-state index >= 15 is 0 Å². The normalized spacial score (nSPS) is 26.4. The van der Waals surface area contributed by atoms with Crippen LogP contribution in [0.25, 0.3) is 0 Å². The minimum absolute atomic E-state index is 0.539. The molecule has 0 spiro atoms. The maximum Gasteiger partial charge on any atom is 0.191 e. The van der Waals surface area contributed by atoms with Crippen molar-refractivity contribution in [2.24, 2.45) is 0 Å². The first-order valence-electron chi connectivity index (χ1n) is 6.91. The molecule has 3 rings (SSSR count). The molecule has 19 heavy (non-hydrogen) atoms. The van der Waals surface area contributed by atoms with Crippen molar-refractivity contribution >= 4 is 23.4 Å². The van der Waals surface area contributed by atoms with E-state index in [-0.39, 0.29) is 0 Å². The molecule has 0 radical (unpaired) electrons. The molecular formula is C13H21N5S. The van der Waals surface area contributed by atoms with Gasteiger partial charge in [-0.25, -0.2) is 9.97 Å². The Bertz CT molecular complexity index is 430. The molecule has 2 fully saturated rings. The summed E-state index contributed by atoms with van der Waals surface area (Å²) in [5.74, 6) is 1.82. The third-order valence-electron chi connectivity index (χ3n) is 4.08. The van der Waals surface area contributed by atoms with Gasteiger partial charge < -0.3 is 10.6 Å². The Balaban J connectivity index is 1.75. The minimum atomic E-state index is 0.539. The smallest absolute Gasteiger partial charge is 0.191 e. The van der Waals surface area contributed by atoms with Crippen LogP contribution in [-0.4, -0.2) is 53.3 Å². The molecule has 1 aromatic heterocycles. The molecule has 2 saturated heterocycles. The highest BCUT2D eigenvalue weighted by molar-refractivity contribution is 7.98. The van der Waals surface area contributed by atoms with Crippen molar-refractivity contribution in [1.29, 1.82) is 0 Å². The molecule has 5 nitrogen and oxygen atoms in total. The van der Waals surface area contributed by atoms with Gasteiger partial charge in [0.25, 0.3) is 0 Å². The lowest BCUT2D eigenvalue weighted by Crippen LogP contribution is -2.34. The lowest BCUT2D eigenvalue weighted by atomic mass is 10.1. The lowest BCUT2D eigenvalue weighted by Gasteiger charge is -2.22. The summed E-state index contributed by atoms with van der Waals surface area (Å²) in [4.78, 5) is 11.6.